The van der Waals surface area contributed by atoms with Crippen molar-refractivity contribution in [3.05, 3.63) is 0 Å². The van der Waals surface area contributed by atoms with E-state index < -0.39 is 37.2 Å². The number of aliphatic hydroxyl groups is 5. The number of likely N-dealkylation sites (tertiary alicyclic amines) is 2. The van der Waals surface area contributed by atoms with Crippen molar-refractivity contribution in [2.24, 2.45) is 23.2 Å². The van der Waals surface area contributed by atoms with Crippen LogP contribution in [0.25, 0.3) is 0 Å². The lowest BCUT2D eigenvalue weighted by molar-refractivity contribution is -0.140. The molecule has 1 spiro atoms. The van der Waals surface area contributed by atoms with Gasteiger partial charge in [0.2, 0.25) is 5.91 Å². The third kappa shape index (κ3) is 9.94. The largest absolute Gasteiger partial charge is 0.447 e. The molecule has 13 heteroatoms. The van der Waals surface area contributed by atoms with E-state index in [2.05, 4.69) is 5.32 Å². The van der Waals surface area contributed by atoms with E-state index in [1.807, 2.05) is 18.7 Å². The molecule has 12 nitrogen and oxygen atoms in total. The van der Waals surface area contributed by atoms with Gasteiger partial charge in [0, 0.05) is 64.6 Å². The van der Waals surface area contributed by atoms with Gasteiger partial charge in [-0.05, 0) is 76.0 Å². The summed E-state index contributed by atoms with van der Waals surface area (Å²) in [5, 5.41) is 50.8. The van der Waals surface area contributed by atoms with Crippen molar-refractivity contribution < 1.29 is 49.0 Å². The molecule has 4 aliphatic rings. The Balaban J connectivity index is 1.02. The zero-order valence-corrected chi connectivity index (χ0v) is 26.9. The van der Waals surface area contributed by atoms with Gasteiger partial charge in [0.15, 0.2) is 0 Å². The Hall–Kier alpha value is -1.61. The first-order valence-electron chi connectivity index (χ1n) is 16.9. The number of carbonyl (C=O) groups excluding carboxylic acids is 2. The maximum Gasteiger partial charge on any atom is 0.410 e. The average Bonchev–Trinajstić information content (AvgIpc) is 3.66. The van der Waals surface area contributed by atoms with Gasteiger partial charge in [-0.1, -0.05) is 0 Å². The summed E-state index contributed by atoms with van der Waals surface area (Å²) in [5.74, 6) is 0.518. The Morgan fingerprint density at radius 1 is 1.02 bits per heavy atom. The van der Waals surface area contributed by atoms with Crippen LogP contribution in [0, 0.1) is 23.2 Å². The molecular weight excluding hydrogens is 589 g/mol. The molecule has 4 rings (SSSR count). The topological polar surface area (TPSA) is 172 Å². The molecule has 2 saturated heterocycles. The van der Waals surface area contributed by atoms with Crippen LogP contribution in [0.2, 0.25) is 0 Å². The molecule has 6 N–H and O–H groups in total. The molecule has 2 amide bonds. The lowest BCUT2D eigenvalue weighted by Gasteiger charge is -2.41. The van der Waals surface area contributed by atoms with E-state index in [-0.39, 0.29) is 49.0 Å². The third-order valence-electron chi connectivity index (χ3n) is 10.5. The van der Waals surface area contributed by atoms with E-state index >= 15 is 4.39 Å². The number of nitrogens with zero attached hydrogens (tertiary/aromatic N) is 2. The van der Waals surface area contributed by atoms with Crippen LogP contribution in [0.1, 0.15) is 71.6 Å². The second-order valence-corrected chi connectivity index (χ2v) is 14.2. The zero-order valence-electron chi connectivity index (χ0n) is 26.9. The zero-order chi connectivity index (χ0) is 32.7. The van der Waals surface area contributed by atoms with Gasteiger partial charge in [-0.15, -0.1) is 0 Å². The summed E-state index contributed by atoms with van der Waals surface area (Å²) in [6.07, 6.45) is -0.335. The minimum Gasteiger partial charge on any atom is -0.447 e. The van der Waals surface area contributed by atoms with E-state index in [0.717, 1.165) is 45.2 Å². The number of amides is 2. The Bertz CT molecular complexity index is 947. The second-order valence-electron chi connectivity index (χ2n) is 14.2. The second kappa shape index (κ2) is 16.5. The van der Waals surface area contributed by atoms with Crippen LogP contribution in [0.3, 0.4) is 0 Å². The fraction of sp³-hybridized carbons (Fsp3) is 0.938. The molecule has 0 aromatic heterocycles. The molecule has 0 aromatic carbocycles. The molecule has 0 aromatic rings. The Morgan fingerprint density at radius 3 is 2.36 bits per heavy atom. The fourth-order valence-corrected chi connectivity index (χ4v) is 7.34. The summed E-state index contributed by atoms with van der Waals surface area (Å²) < 4.78 is 26.4. The van der Waals surface area contributed by atoms with Gasteiger partial charge in [0.1, 0.15) is 24.5 Å². The Morgan fingerprint density at radius 2 is 1.71 bits per heavy atom. The Labute approximate surface area is 266 Å². The number of hydrogen-bond acceptors (Lipinski definition) is 10. The van der Waals surface area contributed by atoms with Gasteiger partial charge in [-0.2, -0.15) is 0 Å². The van der Waals surface area contributed by atoms with Gasteiger partial charge in [0.25, 0.3) is 0 Å². The van der Waals surface area contributed by atoms with Crippen LogP contribution >= 0.6 is 0 Å². The van der Waals surface area contributed by atoms with Crippen molar-refractivity contribution in [1.29, 1.82) is 0 Å². The summed E-state index contributed by atoms with van der Waals surface area (Å²) in [5.41, 5.74) is 0.374. The molecule has 45 heavy (non-hydrogen) atoms. The maximum atomic E-state index is 15.0. The molecule has 2 aliphatic heterocycles. The third-order valence-corrected chi connectivity index (χ3v) is 10.5. The summed E-state index contributed by atoms with van der Waals surface area (Å²) in [6.45, 7) is 6.72. The quantitative estimate of drug-likeness (QED) is 0.132. The number of alkyl halides is 1. The minimum atomic E-state index is -1.66. The number of hydrogen-bond donors (Lipinski definition) is 6. The van der Waals surface area contributed by atoms with Crippen LogP contribution in [0.4, 0.5) is 9.18 Å². The number of rotatable bonds is 16. The summed E-state index contributed by atoms with van der Waals surface area (Å²) in [4.78, 5) is 28.4. The van der Waals surface area contributed by atoms with Gasteiger partial charge < -0.3 is 50.1 Å². The molecule has 2 heterocycles. The van der Waals surface area contributed by atoms with Crippen molar-refractivity contribution in [1.82, 2.24) is 15.1 Å². The first-order chi connectivity index (χ1) is 21.4. The first kappa shape index (κ1) is 36.2. The molecule has 4 unspecified atom stereocenters. The normalized spacial score (nSPS) is 29.3. The van der Waals surface area contributed by atoms with E-state index in [1.54, 1.807) is 4.90 Å². The highest BCUT2D eigenvalue weighted by Crippen LogP contribution is 2.61. The average molecular weight is 646 g/mol. The summed E-state index contributed by atoms with van der Waals surface area (Å²) >= 11 is 0. The molecule has 0 radical (unpaired) electrons. The van der Waals surface area contributed by atoms with Crippen molar-refractivity contribution >= 4 is 12.0 Å². The van der Waals surface area contributed by atoms with Crippen molar-refractivity contribution in [3.8, 4) is 0 Å². The highest BCUT2D eigenvalue weighted by molar-refractivity contribution is 5.77. The highest BCUT2D eigenvalue weighted by atomic mass is 19.1. The van der Waals surface area contributed by atoms with Crippen molar-refractivity contribution in [3.63, 3.8) is 0 Å². The number of halogens is 1. The van der Waals surface area contributed by atoms with Crippen LogP contribution in [-0.2, 0) is 14.3 Å². The monoisotopic (exact) mass is 645 g/mol. The molecule has 8 atom stereocenters. The number of carbonyl (C=O) groups is 2. The van der Waals surface area contributed by atoms with E-state index in [4.69, 9.17) is 14.6 Å². The predicted molar refractivity (Wildman–Crippen MR) is 163 cm³/mol. The van der Waals surface area contributed by atoms with E-state index in [0.29, 0.717) is 50.4 Å². The molecule has 2 saturated carbocycles. The highest BCUT2D eigenvalue weighted by Gasteiger charge is 2.54. The maximum absolute atomic E-state index is 15.0. The van der Waals surface area contributed by atoms with Crippen LogP contribution in [0.15, 0.2) is 0 Å². The summed E-state index contributed by atoms with van der Waals surface area (Å²) in [7, 11) is 0. The van der Waals surface area contributed by atoms with Gasteiger partial charge in [-0.3, -0.25) is 4.79 Å². The molecule has 0 bridgehead atoms. The SMILES string of the molecule is CC(C)OC(=O)N1CCC2(CC1)CC2CCCOC1CCC(CC(=O)N2CC(CNC[C@H](O)[C@@H](O)[C@H](O)[C@H](O)CO)C2)C(F)C1. The van der Waals surface area contributed by atoms with Gasteiger partial charge in [0.05, 0.1) is 24.9 Å². The number of piperidine rings is 1. The van der Waals surface area contributed by atoms with Gasteiger partial charge in [-0.25, -0.2) is 9.18 Å². The standard InChI is InChI=1S/C32H56FN3O9/c1-20(2)45-31(43)35-9-7-32(8-10-35)14-23(32)4-3-11-44-24-6-5-22(25(33)13-24)12-28(40)36-17-21(18-36)15-34-16-26(38)29(41)30(42)27(39)19-37/h20-27,29-30,34,37-39,41-42H,3-19H2,1-2H3/t22?,23?,24?,25?,26-,27+,29+,30+/m0/s1. The van der Waals surface area contributed by atoms with Crippen molar-refractivity contribution in [2.45, 2.75) is 114 Å². The number of aliphatic hydroxyl groups excluding tert-OH is 5. The lowest BCUT2D eigenvalue weighted by Crippen LogP contribution is -2.55. The van der Waals surface area contributed by atoms with E-state index in [1.165, 1.54) is 6.42 Å². The molecule has 2 aliphatic carbocycles. The predicted octanol–water partition coefficient (Wildman–Crippen LogP) is 0.811. The molecule has 4 fully saturated rings. The van der Waals surface area contributed by atoms with E-state index in [9.17, 15) is 30.0 Å². The van der Waals surface area contributed by atoms with Gasteiger partial charge >= 0.3 is 6.09 Å². The fourth-order valence-electron chi connectivity index (χ4n) is 7.34. The molecular formula is C32H56FN3O9. The number of nitrogens with one attached hydrogen (secondary N) is 1. The lowest BCUT2D eigenvalue weighted by atomic mass is 9.83. The van der Waals surface area contributed by atoms with Crippen LogP contribution in [-0.4, -0.2) is 143 Å². The molecule has 260 valence electrons. The smallest absolute Gasteiger partial charge is 0.410 e. The first-order valence-corrected chi connectivity index (χ1v) is 16.9. The van der Waals surface area contributed by atoms with Crippen LogP contribution < -0.4 is 5.32 Å². The minimum absolute atomic E-state index is 0.0199. The van der Waals surface area contributed by atoms with Crippen LogP contribution in [0.5, 0.6) is 0 Å². The number of ether oxygens (including phenoxy) is 2. The van der Waals surface area contributed by atoms with Crippen molar-refractivity contribution in [2.75, 3.05) is 52.5 Å². The summed E-state index contributed by atoms with van der Waals surface area (Å²) in [6, 6.07) is 0. The Kier molecular flexibility index (Phi) is 13.3.